The maximum Gasteiger partial charge on any atom is 0.325 e. The van der Waals surface area contributed by atoms with Gasteiger partial charge in [-0.15, -0.1) is 10.2 Å². The molecule has 9 heteroatoms. The van der Waals surface area contributed by atoms with Crippen LogP contribution in [0.2, 0.25) is 0 Å². The number of aromatic nitrogens is 2. The number of hydrogen-bond acceptors (Lipinski definition) is 6. The molecular weight excluding hydrogens is 414 g/mol. The molecule has 31 heavy (non-hydrogen) atoms. The fourth-order valence-electron chi connectivity index (χ4n) is 3.56. The highest BCUT2D eigenvalue weighted by atomic mass is 32.1. The Bertz CT molecular complexity index is 1150. The van der Waals surface area contributed by atoms with E-state index in [9.17, 15) is 14.4 Å². The van der Waals surface area contributed by atoms with Crippen LogP contribution in [0.3, 0.4) is 0 Å². The summed E-state index contributed by atoms with van der Waals surface area (Å²) >= 11 is 1.06. The van der Waals surface area contributed by atoms with Gasteiger partial charge in [0.05, 0.1) is 6.54 Å². The summed E-state index contributed by atoms with van der Waals surface area (Å²) in [5.41, 5.74) is 1.47. The molecule has 2 aromatic carbocycles. The summed E-state index contributed by atoms with van der Waals surface area (Å²) < 4.78 is 0. The van der Waals surface area contributed by atoms with Gasteiger partial charge in [-0.2, -0.15) is 0 Å². The molecule has 0 aliphatic carbocycles. The van der Waals surface area contributed by atoms with Crippen molar-refractivity contribution in [3.05, 3.63) is 81.3 Å². The van der Waals surface area contributed by atoms with Crippen LogP contribution in [0.4, 0.5) is 4.79 Å². The third-order valence-corrected chi connectivity index (χ3v) is 6.12. The SMILES string of the molecule is Cc1ccccc1C1(C)NC(=O)N(Cc2nnc(C(=O)NCc3ccccc3)s2)C1=O. The zero-order chi connectivity index (χ0) is 22.0. The Balaban J connectivity index is 1.45. The molecule has 1 atom stereocenters. The summed E-state index contributed by atoms with van der Waals surface area (Å²) in [5.74, 6) is -0.716. The molecule has 1 aliphatic rings. The van der Waals surface area contributed by atoms with E-state index in [4.69, 9.17) is 0 Å². The molecule has 2 heterocycles. The van der Waals surface area contributed by atoms with Crippen LogP contribution in [0.1, 0.15) is 38.4 Å². The Morgan fingerprint density at radius 2 is 1.81 bits per heavy atom. The van der Waals surface area contributed by atoms with Gasteiger partial charge in [-0.3, -0.25) is 14.5 Å². The first-order chi connectivity index (χ1) is 14.9. The van der Waals surface area contributed by atoms with Gasteiger partial charge in [0.2, 0.25) is 5.01 Å². The zero-order valence-corrected chi connectivity index (χ0v) is 17.9. The van der Waals surface area contributed by atoms with E-state index in [0.29, 0.717) is 11.6 Å². The number of benzene rings is 2. The molecule has 158 valence electrons. The van der Waals surface area contributed by atoms with Crippen LogP contribution >= 0.6 is 11.3 Å². The number of nitrogens with zero attached hydrogens (tertiary/aromatic N) is 3. The minimum atomic E-state index is -1.15. The first-order valence-electron chi connectivity index (χ1n) is 9.73. The number of nitrogens with one attached hydrogen (secondary N) is 2. The van der Waals surface area contributed by atoms with Gasteiger partial charge >= 0.3 is 6.03 Å². The second-order valence-electron chi connectivity index (χ2n) is 7.43. The van der Waals surface area contributed by atoms with Crippen LogP contribution < -0.4 is 10.6 Å². The van der Waals surface area contributed by atoms with Crippen molar-refractivity contribution in [2.75, 3.05) is 0 Å². The normalized spacial score (nSPS) is 18.2. The molecule has 3 aromatic rings. The molecule has 1 unspecified atom stereocenters. The molecule has 0 saturated carbocycles. The second kappa shape index (κ2) is 8.27. The summed E-state index contributed by atoms with van der Waals surface area (Å²) in [6.45, 7) is 3.91. The summed E-state index contributed by atoms with van der Waals surface area (Å²) in [5, 5.41) is 14.1. The lowest BCUT2D eigenvalue weighted by atomic mass is 9.88. The van der Waals surface area contributed by atoms with Gasteiger partial charge in [-0.05, 0) is 30.5 Å². The third kappa shape index (κ3) is 4.04. The van der Waals surface area contributed by atoms with Gasteiger partial charge in [-0.25, -0.2) is 4.79 Å². The molecule has 1 saturated heterocycles. The van der Waals surface area contributed by atoms with Gasteiger partial charge in [-0.1, -0.05) is 65.9 Å². The molecular formula is C22H21N5O3S. The number of hydrogen-bond donors (Lipinski definition) is 2. The lowest BCUT2D eigenvalue weighted by Crippen LogP contribution is -2.41. The predicted molar refractivity (Wildman–Crippen MR) is 115 cm³/mol. The van der Waals surface area contributed by atoms with E-state index >= 15 is 0 Å². The third-order valence-electron chi connectivity index (χ3n) is 5.21. The molecule has 4 amide bonds. The predicted octanol–water partition coefficient (Wildman–Crippen LogP) is 2.74. The van der Waals surface area contributed by atoms with Crippen LogP contribution in [0.15, 0.2) is 54.6 Å². The van der Waals surface area contributed by atoms with Crippen molar-refractivity contribution < 1.29 is 14.4 Å². The van der Waals surface area contributed by atoms with Gasteiger partial charge < -0.3 is 10.6 Å². The van der Waals surface area contributed by atoms with Crippen LogP contribution in [0.5, 0.6) is 0 Å². The number of imide groups is 1. The van der Waals surface area contributed by atoms with E-state index in [1.165, 1.54) is 0 Å². The quantitative estimate of drug-likeness (QED) is 0.580. The van der Waals surface area contributed by atoms with E-state index < -0.39 is 11.6 Å². The first kappa shape index (κ1) is 20.7. The highest BCUT2D eigenvalue weighted by molar-refractivity contribution is 7.13. The van der Waals surface area contributed by atoms with Gasteiger partial charge in [0, 0.05) is 6.54 Å². The molecule has 1 aliphatic heterocycles. The molecule has 2 N–H and O–H groups in total. The van der Waals surface area contributed by atoms with Crippen LogP contribution in [-0.4, -0.2) is 32.9 Å². The minimum absolute atomic E-state index is 0.0459. The van der Waals surface area contributed by atoms with Crippen molar-refractivity contribution in [1.82, 2.24) is 25.7 Å². The number of aryl methyl sites for hydroxylation is 1. The maximum absolute atomic E-state index is 13.1. The first-order valence-corrected chi connectivity index (χ1v) is 10.5. The smallest absolute Gasteiger partial charge is 0.325 e. The molecule has 8 nitrogen and oxygen atoms in total. The van der Waals surface area contributed by atoms with Gasteiger partial charge in [0.15, 0.2) is 0 Å². The molecule has 0 spiro atoms. The van der Waals surface area contributed by atoms with Crippen molar-refractivity contribution in [2.45, 2.75) is 32.5 Å². The topological polar surface area (TPSA) is 104 Å². The molecule has 1 fully saturated rings. The number of rotatable bonds is 6. The van der Waals surface area contributed by atoms with Gasteiger partial charge in [0.25, 0.3) is 11.8 Å². The summed E-state index contributed by atoms with van der Waals surface area (Å²) in [6, 6.07) is 16.5. The van der Waals surface area contributed by atoms with Crippen molar-refractivity contribution >= 4 is 29.2 Å². The van der Waals surface area contributed by atoms with E-state index in [2.05, 4.69) is 20.8 Å². The standard InChI is InChI=1S/C22H21N5O3S/c1-14-8-6-7-11-16(14)22(2)20(29)27(21(30)24-22)13-17-25-26-19(31-17)18(28)23-12-15-9-4-3-5-10-15/h3-11H,12-13H2,1-2H3,(H,23,28)(H,24,30). The number of carbonyl (C=O) groups excluding carboxylic acids is 3. The lowest BCUT2D eigenvalue weighted by molar-refractivity contribution is -0.131. The Morgan fingerprint density at radius 3 is 2.55 bits per heavy atom. The van der Waals surface area contributed by atoms with Crippen LogP contribution in [-0.2, 0) is 23.4 Å². The van der Waals surface area contributed by atoms with E-state index in [1.54, 1.807) is 6.92 Å². The fourth-order valence-corrected chi connectivity index (χ4v) is 4.30. The van der Waals surface area contributed by atoms with Crippen LogP contribution in [0.25, 0.3) is 0 Å². The summed E-state index contributed by atoms with van der Waals surface area (Å²) in [6.07, 6.45) is 0. The van der Waals surface area contributed by atoms with E-state index in [0.717, 1.165) is 32.9 Å². The van der Waals surface area contributed by atoms with Crippen molar-refractivity contribution in [3.63, 3.8) is 0 Å². The molecule has 0 radical (unpaired) electrons. The number of carbonyl (C=O) groups is 3. The second-order valence-corrected chi connectivity index (χ2v) is 8.49. The maximum atomic E-state index is 13.1. The fraction of sp³-hybridized carbons (Fsp3) is 0.227. The Hall–Kier alpha value is -3.59. The summed E-state index contributed by atoms with van der Waals surface area (Å²) in [4.78, 5) is 39.1. The average Bonchev–Trinajstić information content (AvgIpc) is 3.32. The van der Waals surface area contributed by atoms with Crippen molar-refractivity contribution in [3.8, 4) is 0 Å². The number of urea groups is 1. The largest absolute Gasteiger partial charge is 0.346 e. The highest BCUT2D eigenvalue weighted by Gasteiger charge is 2.49. The Labute approximate surface area is 183 Å². The van der Waals surface area contributed by atoms with E-state index in [-0.39, 0.29) is 23.4 Å². The lowest BCUT2D eigenvalue weighted by Gasteiger charge is -2.23. The Morgan fingerprint density at radius 1 is 1.10 bits per heavy atom. The number of amides is 4. The molecule has 0 bridgehead atoms. The monoisotopic (exact) mass is 435 g/mol. The van der Waals surface area contributed by atoms with Gasteiger partial charge in [0.1, 0.15) is 10.5 Å². The van der Waals surface area contributed by atoms with Crippen LogP contribution in [0, 0.1) is 6.92 Å². The van der Waals surface area contributed by atoms with Crippen molar-refractivity contribution in [2.24, 2.45) is 0 Å². The average molecular weight is 436 g/mol. The molecule has 4 rings (SSSR count). The van der Waals surface area contributed by atoms with E-state index in [1.807, 2.05) is 61.5 Å². The summed E-state index contributed by atoms with van der Waals surface area (Å²) in [7, 11) is 0. The Kier molecular flexibility index (Phi) is 5.51. The van der Waals surface area contributed by atoms with Crippen molar-refractivity contribution in [1.29, 1.82) is 0 Å². The minimum Gasteiger partial charge on any atom is -0.346 e. The zero-order valence-electron chi connectivity index (χ0n) is 17.1. The molecule has 1 aromatic heterocycles. The highest BCUT2D eigenvalue weighted by Crippen LogP contribution is 2.32.